The first-order chi connectivity index (χ1) is 13.2. The van der Waals surface area contributed by atoms with E-state index in [1.54, 1.807) is 24.3 Å². The minimum absolute atomic E-state index is 0.0317. The summed E-state index contributed by atoms with van der Waals surface area (Å²) in [5.41, 5.74) is 0.632. The Morgan fingerprint density at radius 3 is 2.43 bits per heavy atom. The van der Waals surface area contributed by atoms with E-state index in [-0.39, 0.29) is 14.1 Å². The van der Waals surface area contributed by atoms with Gasteiger partial charge in [-0.2, -0.15) is 0 Å². The number of benzene rings is 2. The van der Waals surface area contributed by atoms with Gasteiger partial charge in [0.15, 0.2) is 4.32 Å². The second kappa shape index (κ2) is 8.40. The lowest BCUT2D eigenvalue weighted by Gasteiger charge is -2.16. The number of thioether (sulfide) groups is 1. The Morgan fingerprint density at radius 2 is 1.82 bits per heavy atom. The molecular formula is C17H12Cl2N2O4S3. The van der Waals surface area contributed by atoms with E-state index in [1.165, 1.54) is 31.4 Å². The van der Waals surface area contributed by atoms with Crippen LogP contribution < -0.4 is 9.57 Å². The first-order valence-electron chi connectivity index (χ1n) is 7.61. The fraction of sp³-hybridized carbons (Fsp3) is 0.0588. The Kier molecular flexibility index (Phi) is 6.33. The Morgan fingerprint density at radius 1 is 1.14 bits per heavy atom. The molecule has 1 aliphatic rings. The number of carbonyl (C=O) groups excluding carboxylic acids is 1. The van der Waals surface area contributed by atoms with Crippen LogP contribution in [0.15, 0.2) is 52.3 Å². The molecule has 1 N–H and O–H groups in total. The molecule has 0 radical (unpaired) electrons. The van der Waals surface area contributed by atoms with Crippen molar-refractivity contribution in [3.8, 4) is 5.75 Å². The average molecular weight is 475 g/mol. The number of hydrogen-bond acceptors (Lipinski definition) is 6. The molecule has 0 atom stereocenters. The molecule has 1 heterocycles. The quantitative estimate of drug-likeness (QED) is 0.519. The first-order valence-corrected chi connectivity index (χ1v) is 11.1. The number of amides is 1. The molecule has 1 fully saturated rings. The summed E-state index contributed by atoms with van der Waals surface area (Å²) in [6.07, 6.45) is 1.56. The monoisotopic (exact) mass is 474 g/mol. The van der Waals surface area contributed by atoms with Crippen LogP contribution in [0, 0.1) is 0 Å². The van der Waals surface area contributed by atoms with Gasteiger partial charge in [0.05, 0.1) is 27.0 Å². The number of sulfonamides is 1. The number of ether oxygens (including phenoxy) is 1. The number of hydrogen-bond donors (Lipinski definition) is 1. The van der Waals surface area contributed by atoms with E-state index < -0.39 is 15.9 Å². The van der Waals surface area contributed by atoms with Gasteiger partial charge in [0.2, 0.25) is 0 Å². The Bertz CT molecular complexity index is 1090. The highest BCUT2D eigenvalue weighted by Gasteiger charge is 2.35. The normalized spacial score (nSPS) is 16.1. The molecule has 0 aromatic heterocycles. The summed E-state index contributed by atoms with van der Waals surface area (Å²) in [4.78, 5) is 15.1. The van der Waals surface area contributed by atoms with Crippen LogP contribution in [-0.4, -0.2) is 30.8 Å². The van der Waals surface area contributed by atoms with Crippen LogP contribution in [0.3, 0.4) is 0 Å². The van der Waals surface area contributed by atoms with Crippen LogP contribution in [0.5, 0.6) is 5.75 Å². The molecule has 1 amide bonds. The number of carbonyl (C=O) groups is 1. The minimum Gasteiger partial charge on any atom is -0.497 e. The maximum Gasteiger partial charge on any atom is 0.281 e. The van der Waals surface area contributed by atoms with Gasteiger partial charge in [0.25, 0.3) is 15.9 Å². The number of nitrogens with zero attached hydrogens (tertiary/aromatic N) is 1. The maximum atomic E-state index is 12.6. The molecule has 0 bridgehead atoms. The highest BCUT2D eigenvalue weighted by atomic mass is 35.5. The van der Waals surface area contributed by atoms with Crippen molar-refractivity contribution in [2.75, 3.05) is 7.11 Å². The van der Waals surface area contributed by atoms with E-state index in [2.05, 4.69) is 4.83 Å². The Hall–Kier alpha value is -1.62. The molecule has 146 valence electrons. The first kappa shape index (κ1) is 21.1. The number of thiocarbonyl (C=S) groups is 1. The summed E-state index contributed by atoms with van der Waals surface area (Å²) in [7, 11) is -2.54. The fourth-order valence-corrected chi connectivity index (χ4v) is 4.84. The van der Waals surface area contributed by atoms with Crippen molar-refractivity contribution in [3.05, 3.63) is 63.0 Å². The molecule has 11 heteroatoms. The number of hydrazine groups is 1. The molecule has 3 rings (SSSR count). The van der Waals surface area contributed by atoms with Crippen LogP contribution in [0.4, 0.5) is 0 Å². The molecule has 2 aromatic rings. The van der Waals surface area contributed by atoms with Gasteiger partial charge in [-0.1, -0.05) is 53.2 Å². The lowest BCUT2D eigenvalue weighted by molar-refractivity contribution is -0.123. The molecule has 2 aromatic carbocycles. The van der Waals surface area contributed by atoms with E-state index in [0.717, 1.165) is 16.8 Å². The van der Waals surface area contributed by atoms with E-state index >= 15 is 0 Å². The molecular weight excluding hydrogens is 463 g/mol. The van der Waals surface area contributed by atoms with Crippen LogP contribution in [0.1, 0.15) is 5.56 Å². The summed E-state index contributed by atoms with van der Waals surface area (Å²) in [6.45, 7) is 0. The third-order valence-corrected chi connectivity index (χ3v) is 6.97. The molecule has 1 saturated heterocycles. The summed E-state index contributed by atoms with van der Waals surface area (Å²) < 4.78 is 30.2. The Labute approximate surface area is 181 Å². The van der Waals surface area contributed by atoms with Gasteiger partial charge in [-0.15, -0.1) is 4.83 Å². The predicted octanol–water partition coefficient (Wildman–Crippen LogP) is 4.10. The van der Waals surface area contributed by atoms with Gasteiger partial charge in [-0.25, -0.2) is 13.4 Å². The molecule has 1 aliphatic heterocycles. The zero-order valence-electron chi connectivity index (χ0n) is 14.2. The summed E-state index contributed by atoms with van der Waals surface area (Å²) in [5.74, 6) is -0.0766. The topological polar surface area (TPSA) is 75.7 Å². The third-order valence-electron chi connectivity index (χ3n) is 3.62. The number of halogens is 2. The number of nitrogens with one attached hydrogen (secondary N) is 1. The van der Waals surface area contributed by atoms with Crippen molar-refractivity contribution in [2.45, 2.75) is 4.90 Å². The van der Waals surface area contributed by atoms with Crippen LogP contribution >= 0.6 is 47.2 Å². The Balaban J connectivity index is 1.83. The lowest BCUT2D eigenvalue weighted by atomic mass is 10.2. The molecule has 0 aliphatic carbocycles. The van der Waals surface area contributed by atoms with E-state index in [0.29, 0.717) is 21.4 Å². The summed E-state index contributed by atoms with van der Waals surface area (Å²) in [6, 6.07) is 10.6. The highest BCUT2D eigenvalue weighted by Crippen LogP contribution is 2.33. The third kappa shape index (κ3) is 4.51. The second-order valence-corrected chi connectivity index (χ2v) is 9.61. The lowest BCUT2D eigenvalue weighted by Crippen LogP contribution is -2.44. The highest BCUT2D eigenvalue weighted by molar-refractivity contribution is 8.26. The zero-order valence-corrected chi connectivity index (χ0v) is 18.1. The zero-order chi connectivity index (χ0) is 20.5. The van der Waals surface area contributed by atoms with Crippen molar-refractivity contribution in [1.82, 2.24) is 9.84 Å². The van der Waals surface area contributed by atoms with Crippen LogP contribution in [0.25, 0.3) is 6.08 Å². The molecule has 6 nitrogen and oxygen atoms in total. The van der Waals surface area contributed by atoms with E-state index in [9.17, 15) is 13.2 Å². The largest absolute Gasteiger partial charge is 0.497 e. The van der Waals surface area contributed by atoms with E-state index in [1.807, 2.05) is 0 Å². The van der Waals surface area contributed by atoms with Crippen molar-refractivity contribution in [3.63, 3.8) is 0 Å². The second-order valence-electron chi connectivity index (χ2n) is 5.46. The number of methoxy groups -OCH3 is 1. The molecule has 28 heavy (non-hydrogen) atoms. The van der Waals surface area contributed by atoms with E-state index in [4.69, 9.17) is 40.2 Å². The SMILES string of the molecule is COc1ccc(S(=O)(=O)NN2C(=O)/C(=C/c3ccc(Cl)c(Cl)c3)SC2=S)cc1. The molecule has 0 spiro atoms. The van der Waals surface area contributed by atoms with Gasteiger partial charge in [-0.3, -0.25) is 4.79 Å². The van der Waals surface area contributed by atoms with Crippen molar-refractivity contribution >= 4 is 73.5 Å². The van der Waals surface area contributed by atoms with Gasteiger partial charge < -0.3 is 4.74 Å². The van der Waals surface area contributed by atoms with Crippen LogP contribution in [0.2, 0.25) is 10.0 Å². The van der Waals surface area contributed by atoms with Crippen molar-refractivity contribution in [1.29, 1.82) is 0 Å². The molecule has 0 unspecified atom stereocenters. The predicted molar refractivity (Wildman–Crippen MR) is 115 cm³/mol. The van der Waals surface area contributed by atoms with Crippen molar-refractivity contribution in [2.24, 2.45) is 0 Å². The van der Waals surface area contributed by atoms with Gasteiger partial charge in [-0.05, 0) is 48.0 Å². The smallest absolute Gasteiger partial charge is 0.281 e. The number of rotatable bonds is 5. The van der Waals surface area contributed by atoms with Gasteiger partial charge >= 0.3 is 0 Å². The standard InChI is InChI=1S/C17H12Cl2N2O4S3/c1-25-11-3-5-12(6-4-11)28(23,24)20-21-16(22)15(27-17(21)26)9-10-2-7-13(18)14(19)8-10/h2-9,20H,1H3/b15-9-. The fourth-order valence-electron chi connectivity index (χ4n) is 2.23. The summed E-state index contributed by atoms with van der Waals surface area (Å²) in [5, 5.41) is 1.55. The van der Waals surface area contributed by atoms with Gasteiger partial charge in [0, 0.05) is 0 Å². The minimum atomic E-state index is -4.01. The van der Waals surface area contributed by atoms with Crippen molar-refractivity contribution < 1.29 is 17.9 Å². The van der Waals surface area contributed by atoms with Gasteiger partial charge in [0.1, 0.15) is 5.75 Å². The summed E-state index contributed by atoms with van der Waals surface area (Å²) >= 11 is 18.0. The maximum absolute atomic E-state index is 12.6. The average Bonchev–Trinajstić information content (AvgIpc) is 2.92. The molecule has 0 saturated carbocycles. The van der Waals surface area contributed by atoms with Crippen LogP contribution in [-0.2, 0) is 14.8 Å².